The van der Waals surface area contributed by atoms with Gasteiger partial charge in [-0.05, 0) is 43.6 Å². The molecule has 2 bridgehead atoms. The Labute approximate surface area is 111 Å². The van der Waals surface area contributed by atoms with E-state index in [0.717, 1.165) is 25.3 Å². The van der Waals surface area contributed by atoms with Crippen LogP contribution in [0.25, 0.3) is 0 Å². The van der Waals surface area contributed by atoms with Gasteiger partial charge in [-0.3, -0.25) is 4.79 Å². The van der Waals surface area contributed by atoms with Crippen molar-refractivity contribution in [3.8, 4) is 0 Å². The molecule has 2 saturated carbocycles. The van der Waals surface area contributed by atoms with E-state index >= 15 is 0 Å². The average molecular weight is 253 g/mol. The molecule has 0 aliphatic heterocycles. The number of ether oxygens (including phenoxy) is 1. The highest BCUT2D eigenvalue weighted by molar-refractivity contribution is 5.72. The van der Waals surface area contributed by atoms with Crippen LogP contribution < -0.4 is 5.32 Å². The summed E-state index contributed by atoms with van der Waals surface area (Å²) in [6.07, 6.45) is 4.73. The minimum Gasteiger partial charge on any atom is -0.461 e. The number of hydrogen-bond acceptors (Lipinski definition) is 3. The predicted molar refractivity (Wildman–Crippen MR) is 72.3 cm³/mol. The zero-order valence-electron chi connectivity index (χ0n) is 12.2. The molecule has 0 aromatic heterocycles. The monoisotopic (exact) mass is 253 g/mol. The van der Waals surface area contributed by atoms with Crippen LogP contribution >= 0.6 is 0 Å². The van der Waals surface area contributed by atoms with Crippen LogP contribution in [0, 0.1) is 16.7 Å². The molecule has 1 N–H and O–H groups in total. The van der Waals surface area contributed by atoms with Crippen molar-refractivity contribution in [3.05, 3.63) is 0 Å². The van der Waals surface area contributed by atoms with Crippen molar-refractivity contribution >= 4 is 5.97 Å². The van der Waals surface area contributed by atoms with E-state index in [4.69, 9.17) is 4.74 Å². The molecule has 2 fully saturated rings. The Hall–Kier alpha value is -0.570. The molecule has 3 heteroatoms. The van der Waals surface area contributed by atoms with Crippen LogP contribution in [0.2, 0.25) is 0 Å². The summed E-state index contributed by atoms with van der Waals surface area (Å²) >= 11 is 0. The summed E-state index contributed by atoms with van der Waals surface area (Å²) in [5, 5.41) is 3.11. The third kappa shape index (κ3) is 2.07. The quantitative estimate of drug-likeness (QED) is 0.605. The molecule has 104 valence electrons. The number of hydrogen-bond donors (Lipinski definition) is 1. The van der Waals surface area contributed by atoms with Gasteiger partial charge >= 0.3 is 5.97 Å². The van der Waals surface area contributed by atoms with Crippen molar-refractivity contribution in [1.82, 2.24) is 5.32 Å². The number of nitrogens with one attached hydrogen (secondary N) is 1. The molecular formula is C15H27NO2. The Morgan fingerprint density at radius 2 is 2.11 bits per heavy atom. The van der Waals surface area contributed by atoms with Gasteiger partial charge < -0.3 is 10.1 Å². The smallest absolute Gasteiger partial charge is 0.320 e. The number of esters is 1. The van der Waals surface area contributed by atoms with Crippen LogP contribution in [0.3, 0.4) is 0 Å². The maximum Gasteiger partial charge on any atom is 0.320 e. The fraction of sp³-hybridized carbons (Fsp3) is 0.933. The summed E-state index contributed by atoms with van der Waals surface area (Å²) in [7, 11) is 0. The normalized spacial score (nSPS) is 36.9. The van der Waals surface area contributed by atoms with E-state index in [9.17, 15) is 4.79 Å². The SMILES string of the molecule is CCCNCC(=O)OC1CC2CCC1(C)C2(C)C. The molecule has 3 nitrogen and oxygen atoms in total. The number of carbonyl (C=O) groups is 1. The van der Waals surface area contributed by atoms with Gasteiger partial charge in [0, 0.05) is 5.41 Å². The topological polar surface area (TPSA) is 38.3 Å². The first-order chi connectivity index (χ1) is 8.41. The summed E-state index contributed by atoms with van der Waals surface area (Å²) in [6, 6.07) is 0. The van der Waals surface area contributed by atoms with Gasteiger partial charge in [0.05, 0.1) is 6.54 Å². The molecule has 0 amide bonds. The van der Waals surface area contributed by atoms with Crippen molar-refractivity contribution in [2.45, 2.75) is 59.5 Å². The standard InChI is InChI=1S/C15H27NO2/c1-5-8-16-10-13(17)18-12-9-11-6-7-15(12,4)14(11,2)3/h11-12,16H,5-10H2,1-4H3. The average Bonchev–Trinajstić information content (AvgIpc) is 2.62. The molecule has 3 atom stereocenters. The Kier molecular flexibility index (Phi) is 3.72. The van der Waals surface area contributed by atoms with Crippen molar-refractivity contribution < 1.29 is 9.53 Å². The van der Waals surface area contributed by atoms with Crippen LogP contribution in [0.5, 0.6) is 0 Å². The summed E-state index contributed by atoms with van der Waals surface area (Å²) in [6.45, 7) is 10.3. The lowest BCUT2D eigenvalue weighted by Gasteiger charge is -2.38. The highest BCUT2D eigenvalue weighted by Gasteiger charge is 2.62. The first kappa shape index (κ1) is 13.9. The highest BCUT2D eigenvalue weighted by atomic mass is 16.5. The van der Waals surface area contributed by atoms with Gasteiger partial charge in [-0.1, -0.05) is 27.7 Å². The van der Waals surface area contributed by atoms with Gasteiger partial charge in [-0.25, -0.2) is 0 Å². The van der Waals surface area contributed by atoms with Crippen LogP contribution in [-0.4, -0.2) is 25.2 Å². The van der Waals surface area contributed by atoms with E-state index in [2.05, 4.69) is 33.0 Å². The molecule has 2 aliphatic rings. The summed E-state index contributed by atoms with van der Waals surface area (Å²) < 4.78 is 5.73. The zero-order chi connectivity index (χ0) is 13.4. The molecule has 0 aromatic carbocycles. The van der Waals surface area contributed by atoms with Gasteiger partial charge in [0.1, 0.15) is 6.10 Å². The second-order valence-corrected chi connectivity index (χ2v) is 6.77. The molecule has 3 unspecified atom stereocenters. The van der Waals surface area contributed by atoms with Gasteiger partial charge in [-0.2, -0.15) is 0 Å². The lowest BCUT2D eigenvalue weighted by Crippen LogP contribution is -2.40. The fourth-order valence-corrected chi connectivity index (χ4v) is 3.88. The minimum absolute atomic E-state index is 0.0852. The van der Waals surface area contributed by atoms with Gasteiger partial charge in [-0.15, -0.1) is 0 Å². The summed E-state index contributed by atoms with van der Waals surface area (Å²) in [4.78, 5) is 11.8. The summed E-state index contributed by atoms with van der Waals surface area (Å²) in [5.74, 6) is 0.641. The molecule has 18 heavy (non-hydrogen) atoms. The maximum absolute atomic E-state index is 11.8. The number of rotatable bonds is 5. The number of carbonyl (C=O) groups excluding carboxylic acids is 1. The molecular weight excluding hydrogens is 226 g/mol. The minimum atomic E-state index is -0.0852. The first-order valence-electron chi connectivity index (χ1n) is 7.32. The molecule has 0 heterocycles. The van der Waals surface area contributed by atoms with Gasteiger partial charge in [0.25, 0.3) is 0 Å². The van der Waals surface area contributed by atoms with E-state index in [0.29, 0.717) is 12.0 Å². The Balaban J connectivity index is 1.90. The zero-order valence-corrected chi connectivity index (χ0v) is 12.2. The molecule has 0 saturated heterocycles. The van der Waals surface area contributed by atoms with Crippen LogP contribution in [-0.2, 0) is 9.53 Å². The Morgan fingerprint density at radius 1 is 1.39 bits per heavy atom. The molecule has 2 aliphatic carbocycles. The van der Waals surface area contributed by atoms with Crippen molar-refractivity contribution in [2.75, 3.05) is 13.1 Å². The molecule has 0 radical (unpaired) electrons. The van der Waals surface area contributed by atoms with Crippen LogP contribution in [0.15, 0.2) is 0 Å². The van der Waals surface area contributed by atoms with Crippen molar-refractivity contribution in [2.24, 2.45) is 16.7 Å². The van der Waals surface area contributed by atoms with Gasteiger partial charge in [0.15, 0.2) is 0 Å². The highest BCUT2D eigenvalue weighted by Crippen LogP contribution is 2.66. The fourth-order valence-electron chi connectivity index (χ4n) is 3.88. The summed E-state index contributed by atoms with van der Waals surface area (Å²) in [5.41, 5.74) is 0.493. The largest absolute Gasteiger partial charge is 0.461 e. The van der Waals surface area contributed by atoms with Crippen LogP contribution in [0.1, 0.15) is 53.4 Å². The van der Waals surface area contributed by atoms with E-state index in [-0.39, 0.29) is 17.5 Å². The first-order valence-corrected chi connectivity index (χ1v) is 7.32. The Morgan fingerprint density at radius 3 is 2.61 bits per heavy atom. The molecule has 0 spiro atoms. The van der Waals surface area contributed by atoms with Crippen molar-refractivity contribution in [3.63, 3.8) is 0 Å². The number of fused-ring (bicyclic) bond motifs is 2. The Bertz CT molecular complexity index is 326. The lowest BCUT2D eigenvalue weighted by molar-refractivity contribution is -0.155. The van der Waals surface area contributed by atoms with E-state index < -0.39 is 0 Å². The maximum atomic E-state index is 11.8. The second-order valence-electron chi connectivity index (χ2n) is 6.77. The third-order valence-corrected chi connectivity index (χ3v) is 5.68. The van der Waals surface area contributed by atoms with Crippen LogP contribution in [0.4, 0.5) is 0 Å². The lowest BCUT2D eigenvalue weighted by atomic mass is 9.70. The predicted octanol–water partition coefficient (Wildman–Crippen LogP) is 2.74. The van der Waals surface area contributed by atoms with Crippen molar-refractivity contribution in [1.29, 1.82) is 0 Å². The molecule has 2 rings (SSSR count). The third-order valence-electron chi connectivity index (χ3n) is 5.68. The van der Waals surface area contributed by atoms with E-state index in [1.54, 1.807) is 0 Å². The van der Waals surface area contributed by atoms with Gasteiger partial charge in [0.2, 0.25) is 0 Å². The van der Waals surface area contributed by atoms with E-state index in [1.807, 2.05) is 0 Å². The van der Waals surface area contributed by atoms with E-state index in [1.165, 1.54) is 12.8 Å². The second kappa shape index (κ2) is 4.84. The molecule has 0 aromatic rings.